The van der Waals surface area contributed by atoms with E-state index in [1.165, 1.54) is 24.5 Å². The normalized spacial score (nSPS) is 9.44. The third-order valence-electron chi connectivity index (χ3n) is 3.57. The van der Waals surface area contributed by atoms with E-state index >= 15 is 0 Å². The monoisotopic (exact) mass is 512 g/mol. The minimum absolute atomic E-state index is 0. The molecule has 16 heteroatoms. The average Bonchev–Trinajstić information content (AvgIpc) is 2.81. The lowest BCUT2D eigenvalue weighted by Gasteiger charge is -2.08. The van der Waals surface area contributed by atoms with Crippen LogP contribution in [0.15, 0.2) is 34.1 Å². The van der Waals surface area contributed by atoms with Gasteiger partial charge in [-0.15, -0.1) is 0 Å². The van der Waals surface area contributed by atoms with Crippen molar-refractivity contribution in [2.24, 2.45) is 0 Å². The highest BCUT2D eigenvalue weighted by atomic mass is 16.7. The Morgan fingerprint density at radius 1 is 0.667 bits per heavy atom. The molecule has 0 aromatic carbocycles. The van der Waals surface area contributed by atoms with Crippen molar-refractivity contribution in [3.63, 3.8) is 0 Å². The highest BCUT2D eigenvalue weighted by Crippen LogP contribution is 2.02. The van der Waals surface area contributed by atoms with Crippen molar-refractivity contribution in [1.29, 1.82) is 0 Å². The highest BCUT2D eigenvalue weighted by Gasteiger charge is 2.12. The Morgan fingerprint density at radius 2 is 1.03 bits per heavy atom. The first-order valence-electron chi connectivity index (χ1n) is 9.65. The van der Waals surface area contributed by atoms with Crippen molar-refractivity contribution >= 4 is 35.5 Å². The van der Waals surface area contributed by atoms with E-state index in [1.54, 1.807) is 0 Å². The van der Waals surface area contributed by atoms with E-state index in [9.17, 15) is 28.8 Å². The molecule has 0 aliphatic rings. The van der Waals surface area contributed by atoms with Crippen molar-refractivity contribution in [2.75, 3.05) is 24.2 Å². The van der Waals surface area contributed by atoms with Gasteiger partial charge in [-0.2, -0.15) is 0 Å². The number of H-pyrrole nitrogens is 2. The summed E-state index contributed by atoms with van der Waals surface area (Å²) in [4.78, 5) is 89.0. The predicted molar refractivity (Wildman–Crippen MR) is 123 cm³/mol. The number of aromatic nitrogens is 4. The zero-order valence-corrected chi connectivity index (χ0v) is 17.5. The zero-order valence-electron chi connectivity index (χ0n) is 17.5. The van der Waals surface area contributed by atoms with Crippen LogP contribution in [0.4, 0.5) is 11.6 Å². The molecule has 2 aromatic heterocycles. The summed E-state index contributed by atoms with van der Waals surface area (Å²) in [5, 5.41) is 0. The maximum Gasteiger partial charge on any atom is 0.346 e. The predicted octanol–water partition coefficient (Wildman–Crippen LogP) is 0.213. The molecular weight excluding hydrogens is 484 g/mol. The Hall–Kier alpha value is -4.76. The standard InChI is InChI=1S/C18H20N6O10.2CH4/c25-13(1-3-15(27)33-23-11-5-7-19-17(29)21-11)31-9-10-32-14(26)2-4-16(28)34-24-12-6-8-20-18(30)22-12;;/h5-8H,1-4,9-10H2,(H2,19,21,23,29)(H2,20,22,24,30);2*1H4. The van der Waals surface area contributed by atoms with Crippen LogP contribution in [0.2, 0.25) is 0 Å². The Bertz CT molecular complexity index is 1030. The first-order chi connectivity index (χ1) is 16.3. The second kappa shape index (κ2) is 16.8. The van der Waals surface area contributed by atoms with Gasteiger partial charge in [-0.25, -0.2) is 40.1 Å². The maximum absolute atomic E-state index is 11.6. The van der Waals surface area contributed by atoms with E-state index in [4.69, 9.17) is 9.47 Å². The van der Waals surface area contributed by atoms with E-state index in [-0.39, 0.29) is 65.4 Å². The minimum atomic E-state index is -0.780. The number of aromatic amines is 2. The summed E-state index contributed by atoms with van der Waals surface area (Å²) < 4.78 is 9.62. The van der Waals surface area contributed by atoms with Crippen LogP contribution in [-0.2, 0) is 38.3 Å². The molecule has 2 aromatic rings. The van der Waals surface area contributed by atoms with E-state index in [1.807, 2.05) is 0 Å². The fourth-order valence-corrected chi connectivity index (χ4v) is 2.05. The third kappa shape index (κ3) is 13.1. The Balaban J connectivity index is 0.00000612. The number of anilines is 2. The summed E-state index contributed by atoms with van der Waals surface area (Å²) in [6, 6.07) is 2.71. The van der Waals surface area contributed by atoms with Gasteiger partial charge in [0.15, 0.2) is 0 Å². The lowest BCUT2D eigenvalue weighted by molar-refractivity contribution is -0.154. The quantitative estimate of drug-likeness (QED) is 0.122. The molecule has 0 bridgehead atoms. The lowest BCUT2D eigenvalue weighted by atomic mass is 10.3. The minimum Gasteiger partial charge on any atom is -0.462 e. The molecule has 0 amide bonds. The van der Waals surface area contributed by atoms with Gasteiger partial charge in [-0.3, -0.25) is 19.6 Å². The van der Waals surface area contributed by atoms with E-state index in [0.29, 0.717) is 0 Å². The summed E-state index contributed by atoms with van der Waals surface area (Å²) in [7, 11) is 0. The molecule has 2 rings (SSSR count). The van der Waals surface area contributed by atoms with Gasteiger partial charge < -0.3 is 19.1 Å². The molecule has 36 heavy (non-hydrogen) atoms. The molecule has 198 valence electrons. The molecule has 2 heterocycles. The Labute approximate surface area is 204 Å². The Kier molecular flexibility index (Phi) is 14.6. The van der Waals surface area contributed by atoms with E-state index in [0.717, 1.165) is 0 Å². The fraction of sp³-hybridized carbons (Fsp3) is 0.400. The lowest BCUT2D eigenvalue weighted by Crippen LogP contribution is -2.18. The van der Waals surface area contributed by atoms with Crippen LogP contribution in [0.1, 0.15) is 40.5 Å². The molecule has 0 unspecified atom stereocenters. The number of hydrogen-bond donors (Lipinski definition) is 4. The molecule has 0 aliphatic heterocycles. The molecule has 0 aliphatic carbocycles. The number of nitrogens with one attached hydrogen (secondary N) is 4. The maximum atomic E-state index is 11.6. The average molecular weight is 512 g/mol. The van der Waals surface area contributed by atoms with Crippen LogP contribution in [0.25, 0.3) is 0 Å². The fourth-order valence-electron chi connectivity index (χ4n) is 2.05. The van der Waals surface area contributed by atoms with Gasteiger partial charge in [0.2, 0.25) is 0 Å². The SMILES string of the molecule is C.C.O=C(CCC(=O)ONc1ccnc(=O)[nH]1)OCCOC(=O)CCC(=O)ONc1ccnc(=O)[nH]1. The highest BCUT2D eigenvalue weighted by molar-refractivity contribution is 5.78. The smallest absolute Gasteiger partial charge is 0.346 e. The van der Waals surface area contributed by atoms with Gasteiger partial charge in [-0.05, 0) is 0 Å². The number of rotatable bonds is 13. The van der Waals surface area contributed by atoms with Crippen molar-refractivity contribution in [2.45, 2.75) is 40.5 Å². The number of hydrogen-bond acceptors (Lipinski definition) is 14. The van der Waals surface area contributed by atoms with Crippen LogP contribution < -0.4 is 22.3 Å². The van der Waals surface area contributed by atoms with Gasteiger partial charge in [0, 0.05) is 24.5 Å². The number of carbonyl (C=O) groups excluding carboxylic acids is 4. The molecule has 0 atom stereocenters. The number of ether oxygens (including phenoxy) is 2. The van der Waals surface area contributed by atoms with Crippen LogP contribution in [-0.4, -0.2) is 57.0 Å². The molecule has 0 saturated carbocycles. The first kappa shape index (κ1) is 31.2. The summed E-state index contributed by atoms with van der Waals surface area (Å²) in [5.74, 6) is -2.81. The van der Waals surface area contributed by atoms with Gasteiger partial charge in [0.05, 0.1) is 25.7 Å². The molecule has 0 spiro atoms. The second-order valence-electron chi connectivity index (χ2n) is 6.17. The second-order valence-corrected chi connectivity index (χ2v) is 6.17. The number of esters is 2. The number of carbonyl (C=O) groups is 4. The van der Waals surface area contributed by atoms with Gasteiger partial charge >= 0.3 is 35.3 Å². The summed E-state index contributed by atoms with van der Waals surface area (Å²) in [6.07, 6.45) is 1.23. The largest absolute Gasteiger partial charge is 0.462 e. The van der Waals surface area contributed by atoms with Gasteiger partial charge in [0.1, 0.15) is 24.8 Å². The topological polar surface area (TPSA) is 221 Å². The molecular formula is C20H28N6O10. The zero-order chi connectivity index (χ0) is 24.8. The van der Waals surface area contributed by atoms with Crippen LogP contribution >= 0.6 is 0 Å². The van der Waals surface area contributed by atoms with E-state index in [2.05, 4.69) is 40.6 Å². The summed E-state index contributed by atoms with van der Waals surface area (Å²) in [5.41, 5.74) is 3.13. The van der Waals surface area contributed by atoms with Gasteiger partial charge in [0.25, 0.3) is 0 Å². The van der Waals surface area contributed by atoms with Crippen LogP contribution in [0.3, 0.4) is 0 Å². The van der Waals surface area contributed by atoms with Gasteiger partial charge in [-0.1, -0.05) is 14.9 Å². The summed E-state index contributed by atoms with van der Waals surface area (Å²) >= 11 is 0. The van der Waals surface area contributed by atoms with Crippen molar-refractivity contribution in [3.8, 4) is 0 Å². The molecule has 0 radical (unpaired) electrons. The van der Waals surface area contributed by atoms with Crippen molar-refractivity contribution in [1.82, 2.24) is 19.9 Å². The summed E-state index contributed by atoms with van der Waals surface area (Å²) in [6.45, 7) is -0.505. The van der Waals surface area contributed by atoms with Crippen LogP contribution in [0, 0.1) is 0 Å². The molecule has 0 fully saturated rings. The van der Waals surface area contributed by atoms with Crippen LogP contribution in [0.5, 0.6) is 0 Å². The molecule has 0 saturated heterocycles. The number of nitrogens with zero attached hydrogens (tertiary/aromatic N) is 2. The Morgan fingerprint density at radius 3 is 1.39 bits per heavy atom. The molecule has 16 nitrogen and oxygen atoms in total. The van der Waals surface area contributed by atoms with E-state index < -0.39 is 35.3 Å². The first-order valence-corrected chi connectivity index (χ1v) is 9.65. The molecule has 4 N–H and O–H groups in total. The third-order valence-corrected chi connectivity index (χ3v) is 3.57. The van der Waals surface area contributed by atoms with Crippen molar-refractivity contribution in [3.05, 3.63) is 45.5 Å². The van der Waals surface area contributed by atoms with Crippen molar-refractivity contribution < 1.29 is 38.3 Å².